The molecule has 0 aromatic heterocycles. The van der Waals surface area contributed by atoms with Crippen LogP contribution in [0.15, 0.2) is 48.5 Å². The van der Waals surface area contributed by atoms with E-state index >= 15 is 0 Å². The molecule has 0 aliphatic carbocycles. The second kappa shape index (κ2) is 4.57. The molecule has 2 heteroatoms. The van der Waals surface area contributed by atoms with Gasteiger partial charge in [0, 0.05) is 0 Å². The van der Waals surface area contributed by atoms with Crippen LogP contribution in [0, 0.1) is 0 Å². The summed E-state index contributed by atoms with van der Waals surface area (Å²) >= 11 is 0. The van der Waals surface area contributed by atoms with Gasteiger partial charge in [0.25, 0.3) is 0 Å². The Labute approximate surface area is 122 Å². The van der Waals surface area contributed by atoms with Gasteiger partial charge >= 0.3 is 0 Å². The monoisotopic (exact) mass is 282 g/mol. The third-order valence-corrected chi connectivity index (χ3v) is 6.41. The highest BCUT2D eigenvalue weighted by molar-refractivity contribution is 6.89. The molecule has 2 aromatic rings. The molecule has 0 bridgehead atoms. The minimum absolute atomic E-state index is 0.299. The standard InChI is InChI=1S/C18H22OSi/c1-18(14-9-6-5-7-10-14)16-11-8-12-17(20(2,3)4)15(16)13-19-18/h5-12H,13H2,1-4H3. The van der Waals surface area contributed by atoms with E-state index in [0.29, 0.717) is 0 Å². The largest absolute Gasteiger partial charge is 0.361 e. The molecule has 0 fully saturated rings. The zero-order valence-corrected chi connectivity index (χ0v) is 13.7. The van der Waals surface area contributed by atoms with Gasteiger partial charge in [0.05, 0.1) is 14.7 Å². The van der Waals surface area contributed by atoms with Gasteiger partial charge < -0.3 is 4.74 Å². The second-order valence-corrected chi connectivity index (χ2v) is 11.8. The zero-order valence-electron chi connectivity index (χ0n) is 12.7. The van der Waals surface area contributed by atoms with Crippen molar-refractivity contribution < 1.29 is 4.74 Å². The number of fused-ring (bicyclic) bond motifs is 1. The number of rotatable bonds is 2. The Kier molecular flexibility index (Phi) is 3.11. The van der Waals surface area contributed by atoms with Crippen LogP contribution in [0.3, 0.4) is 0 Å². The quantitative estimate of drug-likeness (QED) is 0.756. The van der Waals surface area contributed by atoms with E-state index in [1.165, 1.54) is 21.9 Å². The van der Waals surface area contributed by atoms with Crippen LogP contribution in [-0.2, 0) is 16.9 Å². The van der Waals surface area contributed by atoms with Crippen LogP contribution in [0.2, 0.25) is 19.6 Å². The average molecular weight is 282 g/mol. The number of ether oxygens (including phenoxy) is 1. The van der Waals surface area contributed by atoms with Gasteiger partial charge in [0.15, 0.2) is 0 Å². The van der Waals surface area contributed by atoms with Crippen molar-refractivity contribution in [2.45, 2.75) is 38.8 Å². The van der Waals surface area contributed by atoms with Crippen molar-refractivity contribution in [3.05, 3.63) is 65.2 Å². The first kappa shape index (κ1) is 13.6. The summed E-state index contributed by atoms with van der Waals surface area (Å²) in [5, 5.41) is 1.54. The van der Waals surface area contributed by atoms with Crippen molar-refractivity contribution in [1.29, 1.82) is 0 Å². The maximum atomic E-state index is 6.25. The molecule has 0 spiro atoms. The Bertz CT molecular complexity index is 628. The van der Waals surface area contributed by atoms with Crippen LogP contribution in [0.1, 0.15) is 23.6 Å². The fourth-order valence-corrected chi connectivity index (χ4v) is 4.89. The van der Waals surface area contributed by atoms with Gasteiger partial charge in [-0.25, -0.2) is 0 Å². The number of hydrogen-bond donors (Lipinski definition) is 0. The molecule has 1 nitrogen and oxygen atoms in total. The molecule has 20 heavy (non-hydrogen) atoms. The molecule has 1 aliphatic rings. The fraction of sp³-hybridized carbons (Fsp3) is 0.333. The van der Waals surface area contributed by atoms with Crippen molar-refractivity contribution in [2.75, 3.05) is 0 Å². The summed E-state index contributed by atoms with van der Waals surface area (Å²) in [4.78, 5) is 0. The van der Waals surface area contributed by atoms with E-state index in [2.05, 4.69) is 75.1 Å². The van der Waals surface area contributed by atoms with Crippen molar-refractivity contribution in [1.82, 2.24) is 0 Å². The Hall–Kier alpha value is -1.38. The maximum absolute atomic E-state index is 6.25. The van der Waals surface area contributed by atoms with Crippen LogP contribution in [0.4, 0.5) is 0 Å². The molecule has 104 valence electrons. The van der Waals surface area contributed by atoms with Crippen LogP contribution in [-0.4, -0.2) is 8.07 Å². The average Bonchev–Trinajstić information content (AvgIpc) is 2.78. The molecular formula is C18H22OSi. The predicted molar refractivity (Wildman–Crippen MR) is 87.1 cm³/mol. The maximum Gasteiger partial charge on any atom is 0.116 e. The highest BCUT2D eigenvalue weighted by atomic mass is 28.3. The summed E-state index contributed by atoms with van der Waals surface area (Å²) in [5.74, 6) is 0. The molecule has 2 aromatic carbocycles. The summed E-state index contributed by atoms with van der Waals surface area (Å²) in [6.45, 7) is 10.1. The Morgan fingerprint density at radius 3 is 2.30 bits per heavy atom. The van der Waals surface area contributed by atoms with Gasteiger partial charge in [-0.3, -0.25) is 0 Å². The molecule has 0 N–H and O–H groups in total. The first-order valence-corrected chi connectivity index (χ1v) is 10.8. The van der Waals surface area contributed by atoms with E-state index in [-0.39, 0.29) is 5.60 Å². The minimum atomic E-state index is -1.33. The molecule has 0 saturated carbocycles. The third kappa shape index (κ3) is 2.04. The van der Waals surface area contributed by atoms with Crippen molar-refractivity contribution in [3.8, 4) is 0 Å². The molecule has 1 atom stereocenters. The van der Waals surface area contributed by atoms with E-state index in [4.69, 9.17) is 4.74 Å². The molecule has 0 saturated heterocycles. The summed E-state index contributed by atoms with van der Waals surface area (Å²) in [6, 6.07) is 17.3. The zero-order chi connectivity index (χ0) is 14.4. The first-order valence-electron chi connectivity index (χ1n) is 7.25. The van der Waals surface area contributed by atoms with Crippen LogP contribution < -0.4 is 5.19 Å². The van der Waals surface area contributed by atoms with E-state index in [1.807, 2.05) is 0 Å². The topological polar surface area (TPSA) is 9.23 Å². The molecule has 1 aliphatic heterocycles. The van der Waals surface area contributed by atoms with Gasteiger partial charge in [0.1, 0.15) is 5.60 Å². The summed E-state index contributed by atoms with van der Waals surface area (Å²) in [5.41, 5.74) is 3.72. The molecule has 1 unspecified atom stereocenters. The number of hydrogen-bond acceptors (Lipinski definition) is 1. The fourth-order valence-electron chi connectivity index (χ4n) is 3.18. The van der Waals surface area contributed by atoms with Crippen LogP contribution in [0.25, 0.3) is 0 Å². The Morgan fingerprint density at radius 1 is 0.950 bits per heavy atom. The smallest absolute Gasteiger partial charge is 0.116 e. The molecule has 1 heterocycles. The van der Waals surface area contributed by atoms with Gasteiger partial charge in [0.2, 0.25) is 0 Å². The van der Waals surface area contributed by atoms with Crippen LogP contribution in [0.5, 0.6) is 0 Å². The number of benzene rings is 2. The lowest BCUT2D eigenvalue weighted by Gasteiger charge is -2.26. The Morgan fingerprint density at radius 2 is 1.65 bits per heavy atom. The SMILES string of the molecule is CC1(c2ccccc2)OCc2c1cccc2[Si](C)(C)C. The highest BCUT2D eigenvalue weighted by Gasteiger charge is 2.39. The minimum Gasteiger partial charge on any atom is -0.361 e. The molecule has 0 amide bonds. The first-order chi connectivity index (χ1) is 9.43. The van der Waals surface area contributed by atoms with Gasteiger partial charge in [-0.15, -0.1) is 0 Å². The highest BCUT2D eigenvalue weighted by Crippen LogP contribution is 2.41. The van der Waals surface area contributed by atoms with Gasteiger partial charge in [-0.05, 0) is 23.6 Å². The molecule has 3 rings (SSSR count). The van der Waals surface area contributed by atoms with Crippen molar-refractivity contribution in [3.63, 3.8) is 0 Å². The molecule has 0 radical (unpaired) electrons. The van der Waals surface area contributed by atoms with E-state index in [0.717, 1.165) is 6.61 Å². The summed E-state index contributed by atoms with van der Waals surface area (Å²) < 4.78 is 6.25. The van der Waals surface area contributed by atoms with Crippen molar-refractivity contribution in [2.24, 2.45) is 0 Å². The summed E-state index contributed by atoms with van der Waals surface area (Å²) in [7, 11) is -1.33. The predicted octanol–water partition coefficient (Wildman–Crippen LogP) is 4.03. The second-order valence-electron chi connectivity index (χ2n) is 6.77. The molecular weight excluding hydrogens is 260 g/mol. The van der Waals surface area contributed by atoms with Crippen LogP contribution >= 0.6 is 0 Å². The van der Waals surface area contributed by atoms with Gasteiger partial charge in [-0.2, -0.15) is 0 Å². The lowest BCUT2D eigenvalue weighted by atomic mass is 9.87. The normalized spacial score (nSPS) is 21.8. The van der Waals surface area contributed by atoms with E-state index < -0.39 is 8.07 Å². The Balaban J connectivity index is 2.17. The lowest BCUT2D eigenvalue weighted by molar-refractivity contribution is 0.00984. The summed E-state index contributed by atoms with van der Waals surface area (Å²) in [6.07, 6.45) is 0. The lowest BCUT2D eigenvalue weighted by Crippen LogP contribution is -2.40. The van der Waals surface area contributed by atoms with E-state index in [9.17, 15) is 0 Å². The van der Waals surface area contributed by atoms with Gasteiger partial charge in [-0.1, -0.05) is 73.4 Å². The van der Waals surface area contributed by atoms with Crippen molar-refractivity contribution >= 4 is 13.3 Å². The van der Waals surface area contributed by atoms with E-state index in [1.54, 1.807) is 0 Å². The third-order valence-electron chi connectivity index (χ3n) is 4.33.